The van der Waals surface area contributed by atoms with Crippen molar-refractivity contribution in [3.05, 3.63) is 29.8 Å². The Kier molecular flexibility index (Phi) is 7.37. The third-order valence-corrected chi connectivity index (χ3v) is 4.18. The Morgan fingerprint density at radius 1 is 1.30 bits per heavy atom. The van der Waals surface area contributed by atoms with E-state index in [4.69, 9.17) is 4.74 Å². The Bertz CT molecular complexity index is 638. The van der Waals surface area contributed by atoms with Crippen molar-refractivity contribution < 1.29 is 26.7 Å². The van der Waals surface area contributed by atoms with Crippen LogP contribution in [0.2, 0.25) is 0 Å². The summed E-state index contributed by atoms with van der Waals surface area (Å²) in [6.07, 6.45) is 1.32. The van der Waals surface area contributed by atoms with Crippen LogP contribution in [0.15, 0.2) is 18.2 Å². The summed E-state index contributed by atoms with van der Waals surface area (Å²) in [6.45, 7) is 0.742. The molecule has 6 nitrogen and oxygen atoms in total. The lowest BCUT2D eigenvalue weighted by Gasteiger charge is -2.22. The van der Waals surface area contributed by atoms with Crippen LogP contribution in [0.5, 0.6) is 0 Å². The number of ether oxygens (including phenoxy) is 1. The molecule has 0 spiro atoms. The van der Waals surface area contributed by atoms with E-state index in [9.17, 15) is 22.0 Å². The summed E-state index contributed by atoms with van der Waals surface area (Å²) in [5, 5.41) is 2.61. The first-order valence-corrected chi connectivity index (χ1v) is 8.79. The molecule has 0 aromatic heterocycles. The Balaban J connectivity index is 2.67. The molecule has 1 N–H and O–H groups in total. The molecule has 9 heteroatoms. The topological polar surface area (TPSA) is 75.7 Å². The molecule has 0 unspecified atom stereocenters. The fraction of sp³-hybridized carbons (Fsp3) is 0.500. The van der Waals surface area contributed by atoms with Gasteiger partial charge in [0.25, 0.3) is 0 Å². The quantitative estimate of drug-likeness (QED) is 0.681. The minimum Gasteiger partial charge on any atom is -0.383 e. The van der Waals surface area contributed by atoms with Gasteiger partial charge in [0.2, 0.25) is 15.9 Å². The molecule has 0 aliphatic heterocycles. The van der Waals surface area contributed by atoms with E-state index in [-0.39, 0.29) is 31.0 Å². The lowest BCUT2D eigenvalue weighted by Crippen LogP contribution is -2.32. The van der Waals surface area contributed by atoms with E-state index in [1.165, 1.54) is 13.2 Å². The van der Waals surface area contributed by atoms with Gasteiger partial charge >= 0.3 is 0 Å². The van der Waals surface area contributed by atoms with Crippen LogP contribution < -0.4 is 9.62 Å². The second kappa shape index (κ2) is 8.78. The largest absolute Gasteiger partial charge is 0.383 e. The third-order valence-electron chi connectivity index (χ3n) is 2.98. The van der Waals surface area contributed by atoms with E-state index in [0.717, 1.165) is 22.7 Å². The highest BCUT2D eigenvalue weighted by Crippen LogP contribution is 2.21. The fourth-order valence-corrected chi connectivity index (χ4v) is 2.85. The van der Waals surface area contributed by atoms with Crippen molar-refractivity contribution in [1.29, 1.82) is 0 Å². The van der Waals surface area contributed by atoms with E-state index >= 15 is 0 Å². The summed E-state index contributed by atoms with van der Waals surface area (Å²) in [5.41, 5.74) is 0.0196. The number of benzene rings is 1. The second-order valence-corrected chi connectivity index (χ2v) is 6.79. The van der Waals surface area contributed by atoms with Gasteiger partial charge in [0, 0.05) is 32.7 Å². The van der Waals surface area contributed by atoms with Crippen LogP contribution >= 0.6 is 0 Å². The summed E-state index contributed by atoms with van der Waals surface area (Å²) >= 11 is 0. The van der Waals surface area contributed by atoms with Crippen molar-refractivity contribution in [3.8, 4) is 0 Å². The number of anilines is 1. The van der Waals surface area contributed by atoms with Gasteiger partial charge in [-0.1, -0.05) is 0 Å². The van der Waals surface area contributed by atoms with Gasteiger partial charge in [0.05, 0.1) is 18.6 Å². The Labute approximate surface area is 134 Å². The van der Waals surface area contributed by atoms with Crippen LogP contribution in [0.1, 0.15) is 12.8 Å². The maximum absolute atomic E-state index is 13.3. The number of carbonyl (C=O) groups is 1. The molecule has 1 aromatic carbocycles. The van der Waals surface area contributed by atoms with E-state index in [1.54, 1.807) is 0 Å². The number of nitrogens with one attached hydrogen (secondary N) is 1. The number of amides is 1. The van der Waals surface area contributed by atoms with Crippen LogP contribution in [-0.4, -0.2) is 47.4 Å². The van der Waals surface area contributed by atoms with Crippen LogP contribution in [0.3, 0.4) is 0 Å². The van der Waals surface area contributed by atoms with E-state index in [1.807, 2.05) is 0 Å². The summed E-state index contributed by atoms with van der Waals surface area (Å²) in [5.74, 6) is -2.42. The summed E-state index contributed by atoms with van der Waals surface area (Å²) in [4.78, 5) is 11.5. The number of carbonyl (C=O) groups excluding carboxylic acids is 1. The lowest BCUT2D eigenvalue weighted by molar-refractivity contribution is -0.121. The first-order valence-electron chi connectivity index (χ1n) is 6.94. The number of hydrogen-bond donors (Lipinski definition) is 1. The monoisotopic (exact) mass is 350 g/mol. The van der Waals surface area contributed by atoms with Crippen LogP contribution in [0, 0.1) is 11.6 Å². The zero-order valence-corrected chi connectivity index (χ0v) is 13.8. The van der Waals surface area contributed by atoms with Gasteiger partial charge in [-0.25, -0.2) is 17.2 Å². The van der Waals surface area contributed by atoms with Crippen LogP contribution in [0.25, 0.3) is 0 Å². The predicted octanol–water partition coefficient (Wildman–Crippen LogP) is 1.27. The molecular formula is C14H20F2N2O4S. The van der Waals surface area contributed by atoms with E-state index < -0.39 is 21.7 Å². The maximum Gasteiger partial charge on any atom is 0.232 e. The van der Waals surface area contributed by atoms with Gasteiger partial charge in [-0.15, -0.1) is 0 Å². The summed E-state index contributed by atoms with van der Waals surface area (Å²) in [6, 6.07) is 2.85. The SMILES string of the molecule is COCCNC(=O)CCCN(c1ccc(F)c(F)c1)S(C)(=O)=O. The molecule has 23 heavy (non-hydrogen) atoms. The van der Waals surface area contributed by atoms with Crippen molar-refractivity contribution in [1.82, 2.24) is 5.32 Å². The smallest absolute Gasteiger partial charge is 0.232 e. The first-order chi connectivity index (χ1) is 10.8. The molecule has 0 fully saturated rings. The third kappa shape index (κ3) is 6.49. The van der Waals surface area contributed by atoms with Gasteiger partial charge in [-0.05, 0) is 18.6 Å². The molecule has 130 valence electrons. The minimum atomic E-state index is -3.67. The molecule has 0 radical (unpaired) electrons. The van der Waals surface area contributed by atoms with E-state index in [0.29, 0.717) is 13.2 Å². The average molecular weight is 350 g/mol. The van der Waals surface area contributed by atoms with Gasteiger partial charge in [0.1, 0.15) is 0 Å². The van der Waals surface area contributed by atoms with Crippen molar-refractivity contribution in [2.24, 2.45) is 0 Å². The highest BCUT2D eigenvalue weighted by atomic mass is 32.2. The molecule has 1 amide bonds. The standard InChI is InChI=1S/C14H20F2N2O4S/c1-22-9-7-17-14(19)4-3-8-18(23(2,20)21)11-5-6-12(15)13(16)10-11/h5-6,10H,3-4,7-9H2,1-2H3,(H,17,19). The number of sulfonamides is 1. The van der Waals surface area contributed by atoms with Crippen molar-refractivity contribution in [2.75, 3.05) is 37.4 Å². The number of nitrogens with zero attached hydrogens (tertiary/aromatic N) is 1. The number of hydrogen-bond acceptors (Lipinski definition) is 4. The molecule has 0 saturated heterocycles. The lowest BCUT2D eigenvalue weighted by atomic mass is 10.2. The molecule has 0 saturated carbocycles. The highest BCUT2D eigenvalue weighted by Gasteiger charge is 2.19. The average Bonchev–Trinajstić information content (AvgIpc) is 2.46. The van der Waals surface area contributed by atoms with Gasteiger partial charge in [-0.3, -0.25) is 9.10 Å². The Morgan fingerprint density at radius 2 is 2.00 bits per heavy atom. The van der Waals surface area contributed by atoms with Gasteiger partial charge in [0.15, 0.2) is 11.6 Å². The first kappa shape index (κ1) is 19.3. The predicted molar refractivity (Wildman–Crippen MR) is 82.7 cm³/mol. The van der Waals surface area contributed by atoms with Crippen molar-refractivity contribution >= 4 is 21.6 Å². The number of rotatable bonds is 9. The Morgan fingerprint density at radius 3 is 2.57 bits per heavy atom. The van der Waals surface area contributed by atoms with Gasteiger partial charge in [-0.2, -0.15) is 0 Å². The highest BCUT2D eigenvalue weighted by molar-refractivity contribution is 7.92. The molecule has 1 aromatic rings. The maximum atomic E-state index is 13.3. The minimum absolute atomic E-state index is 0.0123. The molecule has 0 aliphatic carbocycles. The summed E-state index contributed by atoms with van der Waals surface area (Å²) in [7, 11) is -2.16. The Hall–Kier alpha value is -1.74. The molecule has 1 rings (SSSR count). The van der Waals surface area contributed by atoms with Crippen LogP contribution in [-0.2, 0) is 19.6 Å². The molecule has 0 aliphatic rings. The molecule has 0 bridgehead atoms. The van der Waals surface area contributed by atoms with Crippen molar-refractivity contribution in [3.63, 3.8) is 0 Å². The van der Waals surface area contributed by atoms with Crippen molar-refractivity contribution in [2.45, 2.75) is 12.8 Å². The molecular weight excluding hydrogens is 330 g/mol. The normalized spacial score (nSPS) is 11.3. The van der Waals surface area contributed by atoms with Gasteiger partial charge < -0.3 is 10.1 Å². The zero-order chi connectivity index (χ0) is 17.5. The van der Waals surface area contributed by atoms with E-state index in [2.05, 4.69) is 5.32 Å². The summed E-state index contributed by atoms with van der Waals surface area (Å²) < 4.78 is 55.6. The number of methoxy groups -OCH3 is 1. The fourth-order valence-electron chi connectivity index (χ4n) is 1.89. The second-order valence-electron chi connectivity index (χ2n) is 4.88. The molecule has 0 heterocycles. The zero-order valence-electron chi connectivity index (χ0n) is 13.0. The number of halogens is 2. The molecule has 0 atom stereocenters. The van der Waals surface area contributed by atoms with Crippen LogP contribution in [0.4, 0.5) is 14.5 Å².